The maximum absolute atomic E-state index is 14.4. The molecule has 0 bridgehead atoms. The smallest absolute Gasteiger partial charge is 0.146 e. The standard InChI is InChI=1S/C16H19FN2S/c1-10(18)12-4-3-5-14(17)16(12)19-8-6-15-13(11(19)2)7-9-20-15/h3-5,7,9-11H,6,8,18H2,1-2H3/t10-,11?/m1/s1. The number of halogens is 1. The average molecular weight is 290 g/mol. The van der Waals surface area contributed by atoms with Crippen molar-refractivity contribution in [3.63, 3.8) is 0 Å². The van der Waals surface area contributed by atoms with Gasteiger partial charge in [-0.25, -0.2) is 4.39 Å². The minimum Gasteiger partial charge on any atom is -0.362 e. The molecule has 20 heavy (non-hydrogen) atoms. The van der Waals surface area contributed by atoms with Gasteiger partial charge in [-0.05, 0) is 48.9 Å². The van der Waals surface area contributed by atoms with E-state index in [0.29, 0.717) is 5.69 Å². The van der Waals surface area contributed by atoms with Crippen LogP contribution in [-0.4, -0.2) is 6.54 Å². The van der Waals surface area contributed by atoms with Crippen molar-refractivity contribution in [2.24, 2.45) is 5.73 Å². The Morgan fingerprint density at radius 2 is 2.20 bits per heavy atom. The van der Waals surface area contributed by atoms with E-state index < -0.39 is 0 Å². The summed E-state index contributed by atoms with van der Waals surface area (Å²) in [6.45, 7) is 4.89. The number of thiophene rings is 1. The van der Waals surface area contributed by atoms with Gasteiger partial charge in [0.1, 0.15) is 5.82 Å². The monoisotopic (exact) mass is 290 g/mol. The predicted molar refractivity (Wildman–Crippen MR) is 82.8 cm³/mol. The molecule has 2 aromatic rings. The van der Waals surface area contributed by atoms with Crippen LogP contribution in [0.15, 0.2) is 29.6 Å². The highest BCUT2D eigenvalue weighted by Gasteiger charge is 2.28. The van der Waals surface area contributed by atoms with Gasteiger partial charge >= 0.3 is 0 Å². The van der Waals surface area contributed by atoms with Crippen molar-refractivity contribution in [3.8, 4) is 0 Å². The predicted octanol–water partition coefficient (Wildman–Crippen LogP) is 4.03. The Hall–Kier alpha value is -1.39. The maximum Gasteiger partial charge on any atom is 0.146 e. The van der Waals surface area contributed by atoms with Gasteiger partial charge in [0.05, 0.1) is 11.7 Å². The summed E-state index contributed by atoms with van der Waals surface area (Å²) in [6, 6.07) is 7.37. The van der Waals surface area contributed by atoms with Crippen molar-refractivity contribution in [1.29, 1.82) is 0 Å². The molecule has 0 saturated heterocycles. The summed E-state index contributed by atoms with van der Waals surface area (Å²) >= 11 is 1.80. The summed E-state index contributed by atoms with van der Waals surface area (Å²) in [4.78, 5) is 3.58. The van der Waals surface area contributed by atoms with Crippen LogP contribution in [0, 0.1) is 5.82 Å². The van der Waals surface area contributed by atoms with E-state index >= 15 is 0 Å². The van der Waals surface area contributed by atoms with Crippen molar-refractivity contribution >= 4 is 17.0 Å². The van der Waals surface area contributed by atoms with Gasteiger partial charge in [0.2, 0.25) is 0 Å². The minimum absolute atomic E-state index is 0.170. The van der Waals surface area contributed by atoms with Crippen molar-refractivity contribution in [2.75, 3.05) is 11.4 Å². The Morgan fingerprint density at radius 1 is 1.40 bits per heavy atom. The van der Waals surface area contributed by atoms with Crippen LogP contribution in [0.3, 0.4) is 0 Å². The van der Waals surface area contributed by atoms with Crippen LogP contribution < -0.4 is 10.6 Å². The van der Waals surface area contributed by atoms with Crippen LogP contribution in [0.2, 0.25) is 0 Å². The van der Waals surface area contributed by atoms with Gasteiger partial charge in [-0.3, -0.25) is 0 Å². The molecule has 2 atom stereocenters. The molecule has 0 aliphatic carbocycles. The van der Waals surface area contributed by atoms with E-state index in [4.69, 9.17) is 5.73 Å². The molecule has 2 heterocycles. The molecule has 1 aromatic carbocycles. The number of hydrogen-bond donors (Lipinski definition) is 1. The summed E-state index contributed by atoms with van der Waals surface area (Å²) in [7, 11) is 0. The highest BCUT2D eigenvalue weighted by Crippen LogP contribution is 2.39. The molecule has 106 valence electrons. The van der Waals surface area contributed by atoms with Crippen LogP contribution in [0.4, 0.5) is 10.1 Å². The molecule has 1 aliphatic rings. The zero-order valence-electron chi connectivity index (χ0n) is 11.8. The first kappa shape index (κ1) is 13.6. The minimum atomic E-state index is -0.176. The van der Waals surface area contributed by atoms with Gasteiger partial charge < -0.3 is 10.6 Å². The average Bonchev–Trinajstić information content (AvgIpc) is 2.89. The summed E-state index contributed by atoms with van der Waals surface area (Å²) < 4.78 is 14.4. The maximum atomic E-state index is 14.4. The molecular weight excluding hydrogens is 271 g/mol. The molecular formula is C16H19FN2S. The lowest BCUT2D eigenvalue weighted by Crippen LogP contribution is -2.35. The lowest BCUT2D eigenvalue weighted by molar-refractivity contribution is 0.575. The highest BCUT2D eigenvalue weighted by molar-refractivity contribution is 7.10. The van der Waals surface area contributed by atoms with E-state index in [0.717, 1.165) is 18.5 Å². The fraction of sp³-hybridized carbons (Fsp3) is 0.375. The van der Waals surface area contributed by atoms with E-state index in [1.165, 1.54) is 16.5 Å². The quantitative estimate of drug-likeness (QED) is 0.904. The number of nitrogens with zero attached hydrogens (tertiary/aromatic N) is 1. The SMILES string of the molecule is CC1c2ccsc2CCN1c1c(F)cccc1[C@@H](C)N. The molecule has 2 N–H and O–H groups in total. The van der Waals surface area contributed by atoms with Crippen LogP contribution >= 0.6 is 11.3 Å². The summed E-state index contributed by atoms with van der Waals surface area (Å²) in [5, 5.41) is 2.12. The molecule has 0 amide bonds. The lowest BCUT2D eigenvalue weighted by Gasteiger charge is -2.37. The Labute approximate surface area is 123 Å². The third kappa shape index (κ3) is 2.13. The molecule has 0 fully saturated rings. The molecule has 2 nitrogen and oxygen atoms in total. The fourth-order valence-electron chi connectivity index (χ4n) is 3.02. The zero-order valence-corrected chi connectivity index (χ0v) is 12.6. The summed E-state index contributed by atoms with van der Waals surface area (Å²) in [5.74, 6) is -0.176. The molecule has 1 aliphatic heterocycles. The van der Waals surface area contributed by atoms with Crippen LogP contribution in [0.1, 0.15) is 41.9 Å². The molecule has 4 heteroatoms. The number of anilines is 1. The van der Waals surface area contributed by atoms with E-state index in [1.807, 2.05) is 13.0 Å². The number of rotatable bonds is 2. The summed E-state index contributed by atoms with van der Waals surface area (Å²) in [6.07, 6.45) is 0.976. The first-order valence-corrected chi connectivity index (χ1v) is 7.84. The Kier molecular flexibility index (Phi) is 3.52. The Balaban J connectivity index is 2.07. The van der Waals surface area contributed by atoms with Gasteiger partial charge in [0.15, 0.2) is 0 Å². The number of hydrogen-bond acceptors (Lipinski definition) is 3. The Morgan fingerprint density at radius 3 is 2.95 bits per heavy atom. The van der Waals surface area contributed by atoms with Crippen molar-refractivity contribution in [3.05, 3.63) is 51.5 Å². The second-order valence-electron chi connectivity index (χ2n) is 5.38. The molecule has 0 radical (unpaired) electrons. The molecule has 1 unspecified atom stereocenters. The molecule has 3 rings (SSSR count). The van der Waals surface area contributed by atoms with Crippen molar-refractivity contribution in [1.82, 2.24) is 0 Å². The second-order valence-corrected chi connectivity index (χ2v) is 6.39. The van der Waals surface area contributed by atoms with Crippen LogP contribution in [-0.2, 0) is 6.42 Å². The van der Waals surface area contributed by atoms with Gasteiger partial charge in [-0.2, -0.15) is 0 Å². The largest absolute Gasteiger partial charge is 0.362 e. The van der Waals surface area contributed by atoms with E-state index in [-0.39, 0.29) is 17.9 Å². The highest BCUT2D eigenvalue weighted by atomic mass is 32.1. The fourth-order valence-corrected chi connectivity index (χ4v) is 3.98. The third-order valence-electron chi connectivity index (χ3n) is 4.07. The molecule has 1 aromatic heterocycles. The lowest BCUT2D eigenvalue weighted by atomic mass is 9.97. The van der Waals surface area contributed by atoms with E-state index in [1.54, 1.807) is 17.4 Å². The first-order valence-electron chi connectivity index (χ1n) is 6.96. The van der Waals surface area contributed by atoms with Crippen molar-refractivity contribution in [2.45, 2.75) is 32.4 Å². The van der Waals surface area contributed by atoms with Gasteiger partial charge in [0.25, 0.3) is 0 Å². The van der Waals surface area contributed by atoms with Crippen LogP contribution in [0.5, 0.6) is 0 Å². The van der Waals surface area contributed by atoms with Crippen LogP contribution in [0.25, 0.3) is 0 Å². The van der Waals surface area contributed by atoms with Crippen molar-refractivity contribution < 1.29 is 4.39 Å². The first-order chi connectivity index (χ1) is 9.59. The van der Waals surface area contributed by atoms with E-state index in [2.05, 4.69) is 23.3 Å². The molecule has 0 spiro atoms. The van der Waals surface area contributed by atoms with Gasteiger partial charge in [-0.15, -0.1) is 11.3 Å². The Bertz CT molecular complexity index is 621. The van der Waals surface area contributed by atoms with Gasteiger partial charge in [0, 0.05) is 17.5 Å². The number of para-hydroxylation sites is 1. The van der Waals surface area contributed by atoms with Gasteiger partial charge in [-0.1, -0.05) is 12.1 Å². The topological polar surface area (TPSA) is 29.3 Å². The number of nitrogens with two attached hydrogens (primary N) is 1. The molecule has 0 saturated carbocycles. The number of fused-ring (bicyclic) bond motifs is 1. The summed E-state index contributed by atoms with van der Waals surface area (Å²) in [5.41, 5.74) is 8.90. The normalized spacial score (nSPS) is 19.8. The zero-order chi connectivity index (χ0) is 14.3. The second kappa shape index (κ2) is 5.19. The third-order valence-corrected chi connectivity index (χ3v) is 5.07. The number of benzene rings is 1. The van der Waals surface area contributed by atoms with E-state index in [9.17, 15) is 4.39 Å².